The predicted octanol–water partition coefficient (Wildman–Crippen LogP) is 1.09. The summed E-state index contributed by atoms with van der Waals surface area (Å²) in [6.07, 6.45) is 3.32. The molecule has 1 heterocycles. The van der Waals surface area contributed by atoms with Gasteiger partial charge in [0.2, 0.25) is 5.88 Å². The average molecular weight is 269 g/mol. The van der Waals surface area contributed by atoms with Crippen molar-refractivity contribution in [2.45, 2.75) is 39.5 Å². The summed E-state index contributed by atoms with van der Waals surface area (Å²) in [5.41, 5.74) is -1.12. The third-order valence-electron chi connectivity index (χ3n) is 2.53. The van der Waals surface area contributed by atoms with Crippen LogP contribution in [-0.4, -0.2) is 27.4 Å². The Morgan fingerprint density at radius 1 is 1.26 bits per heavy atom. The molecule has 0 aliphatic carbocycles. The Kier molecular flexibility index (Phi) is 5.84. The lowest BCUT2D eigenvalue weighted by molar-refractivity contribution is 0.158. The monoisotopic (exact) mass is 269 g/mol. The average Bonchev–Trinajstić information content (AvgIpc) is 2.34. The molecule has 0 unspecified atom stereocenters. The first-order chi connectivity index (χ1) is 9.10. The summed E-state index contributed by atoms with van der Waals surface area (Å²) < 4.78 is 0. The molecule has 3 N–H and O–H groups in total. The number of unbranched alkanes of at least 4 members (excludes halogenated alkanes) is 2. The molecule has 0 spiro atoms. The maximum atomic E-state index is 11.7. The van der Waals surface area contributed by atoms with Crippen LogP contribution in [0.1, 0.15) is 45.1 Å². The quantitative estimate of drug-likeness (QED) is 0.391. The van der Waals surface area contributed by atoms with Gasteiger partial charge in [0.05, 0.1) is 5.71 Å². The smallest absolute Gasteiger partial charge is 0.328 e. The van der Waals surface area contributed by atoms with Gasteiger partial charge in [0.1, 0.15) is 12.2 Å². The number of rotatable bonds is 7. The minimum Gasteiger partial charge on any atom is -0.494 e. The van der Waals surface area contributed by atoms with Gasteiger partial charge in [-0.15, -0.1) is 0 Å². The summed E-state index contributed by atoms with van der Waals surface area (Å²) in [5.74, 6) is -0.483. The van der Waals surface area contributed by atoms with Gasteiger partial charge in [-0.25, -0.2) is 4.79 Å². The molecule has 0 aromatic carbocycles. The minimum atomic E-state index is -0.754. The zero-order valence-corrected chi connectivity index (χ0v) is 11.2. The molecule has 0 amide bonds. The van der Waals surface area contributed by atoms with E-state index in [0.717, 1.165) is 19.3 Å². The maximum absolute atomic E-state index is 11.7. The molecule has 7 nitrogen and oxygen atoms in total. The first-order valence-corrected chi connectivity index (χ1v) is 6.34. The summed E-state index contributed by atoms with van der Waals surface area (Å²) in [6.45, 7) is 4.19. The minimum absolute atomic E-state index is 0.0378. The van der Waals surface area contributed by atoms with Gasteiger partial charge in [-0.3, -0.25) is 14.8 Å². The number of hydrogen-bond donors (Lipinski definition) is 3. The number of nitrogens with zero attached hydrogens (tertiary/aromatic N) is 1. The lowest BCUT2D eigenvalue weighted by Crippen LogP contribution is -2.28. The zero-order chi connectivity index (χ0) is 14.3. The van der Waals surface area contributed by atoms with Crippen molar-refractivity contribution in [3.05, 3.63) is 26.4 Å². The van der Waals surface area contributed by atoms with E-state index in [-0.39, 0.29) is 5.56 Å². The number of aromatic nitrogens is 2. The number of aromatic amines is 2. The maximum Gasteiger partial charge on any atom is 0.328 e. The second-order valence-corrected chi connectivity index (χ2v) is 4.04. The van der Waals surface area contributed by atoms with Gasteiger partial charge in [0.25, 0.3) is 5.56 Å². The van der Waals surface area contributed by atoms with Crippen molar-refractivity contribution >= 4 is 5.71 Å². The predicted molar refractivity (Wildman–Crippen MR) is 71.7 cm³/mol. The highest BCUT2D eigenvalue weighted by Gasteiger charge is 2.16. The van der Waals surface area contributed by atoms with E-state index in [2.05, 4.69) is 22.0 Å². The highest BCUT2D eigenvalue weighted by Crippen LogP contribution is 2.12. The molecule has 0 aliphatic rings. The van der Waals surface area contributed by atoms with E-state index in [4.69, 9.17) is 4.84 Å². The van der Waals surface area contributed by atoms with Crippen molar-refractivity contribution in [1.29, 1.82) is 0 Å². The standard InChI is InChI=1S/C12H19N3O4/c1-3-5-6-7-8(15-19-4-2)9-10(16)13-12(18)14-11(9)17/h3-7H2,1-2H3,(H3,13,14,16,17,18). The third-order valence-corrected chi connectivity index (χ3v) is 2.53. The molecule has 1 aromatic heterocycles. The van der Waals surface area contributed by atoms with Gasteiger partial charge in [0.15, 0.2) is 0 Å². The number of hydrogen-bond acceptors (Lipinski definition) is 5. The number of aromatic hydroxyl groups is 1. The van der Waals surface area contributed by atoms with Crippen LogP contribution in [0.2, 0.25) is 0 Å². The molecule has 0 radical (unpaired) electrons. The van der Waals surface area contributed by atoms with E-state index in [1.165, 1.54) is 0 Å². The Hall–Kier alpha value is -2.05. The summed E-state index contributed by atoms with van der Waals surface area (Å²) >= 11 is 0. The Labute approximate surface area is 110 Å². The molecule has 0 saturated carbocycles. The molecule has 19 heavy (non-hydrogen) atoms. The van der Waals surface area contributed by atoms with Crippen molar-refractivity contribution in [1.82, 2.24) is 9.97 Å². The largest absolute Gasteiger partial charge is 0.494 e. The van der Waals surface area contributed by atoms with E-state index < -0.39 is 17.1 Å². The van der Waals surface area contributed by atoms with Crippen LogP contribution in [0, 0.1) is 0 Å². The molecular formula is C12H19N3O4. The molecule has 1 rings (SSSR count). The van der Waals surface area contributed by atoms with Crippen LogP contribution in [0.25, 0.3) is 0 Å². The molecule has 1 aromatic rings. The van der Waals surface area contributed by atoms with Gasteiger partial charge < -0.3 is 9.94 Å². The van der Waals surface area contributed by atoms with E-state index in [9.17, 15) is 14.7 Å². The third kappa shape index (κ3) is 4.27. The van der Waals surface area contributed by atoms with Crippen LogP contribution in [0.15, 0.2) is 14.7 Å². The van der Waals surface area contributed by atoms with Crippen LogP contribution in [-0.2, 0) is 4.84 Å². The van der Waals surface area contributed by atoms with Gasteiger partial charge in [-0.2, -0.15) is 0 Å². The summed E-state index contributed by atoms with van der Waals surface area (Å²) in [6, 6.07) is 0. The highest BCUT2D eigenvalue weighted by atomic mass is 16.6. The fourth-order valence-electron chi connectivity index (χ4n) is 1.64. The molecule has 7 heteroatoms. The summed E-state index contributed by atoms with van der Waals surface area (Å²) in [4.78, 5) is 31.9. The van der Waals surface area contributed by atoms with Crippen molar-refractivity contribution in [2.75, 3.05) is 6.61 Å². The molecule has 0 aliphatic heterocycles. The van der Waals surface area contributed by atoms with Crippen molar-refractivity contribution in [3.8, 4) is 5.88 Å². The SMILES string of the molecule is CCCCCC(=NOCC)c1c(O)[nH]c(=O)[nH]c1=O. The summed E-state index contributed by atoms with van der Waals surface area (Å²) in [5, 5.41) is 13.5. The first kappa shape index (κ1) is 15.0. The molecule has 0 saturated heterocycles. The number of nitrogens with one attached hydrogen (secondary N) is 2. The second kappa shape index (κ2) is 7.40. The van der Waals surface area contributed by atoms with E-state index in [1.807, 2.05) is 0 Å². The van der Waals surface area contributed by atoms with Gasteiger partial charge >= 0.3 is 5.69 Å². The van der Waals surface area contributed by atoms with Gasteiger partial charge in [-0.1, -0.05) is 24.9 Å². The molecule has 0 fully saturated rings. The number of oxime groups is 1. The van der Waals surface area contributed by atoms with Crippen LogP contribution < -0.4 is 11.2 Å². The van der Waals surface area contributed by atoms with Crippen molar-refractivity contribution < 1.29 is 9.94 Å². The highest BCUT2D eigenvalue weighted by molar-refractivity contribution is 6.01. The molecule has 106 valence electrons. The van der Waals surface area contributed by atoms with Crippen LogP contribution in [0.3, 0.4) is 0 Å². The zero-order valence-electron chi connectivity index (χ0n) is 11.2. The van der Waals surface area contributed by atoms with E-state index in [1.54, 1.807) is 6.92 Å². The molecule has 0 atom stereocenters. The Balaban J connectivity index is 3.10. The van der Waals surface area contributed by atoms with E-state index in [0.29, 0.717) is 18.7 Å². The van der Waals surface area contributed by atoms with Crippen LogP contribution in [0.5, 0.6) is 5.88 Å². The van der Waals surface area contributed by atoms with Gasteiger partial charge in [0, 0.05) is 0 Å². The lowest BCUT2D eigenvalue weighted by Gasteiger charge is -2.06. The fourth-order valence-corrected chi connectivity index (χ4v) is 1.64. The Bertz CT molecular complexity index is 545. The topological polar surface area (TPSA) is 108 Å². The summed E-state index contributed by atoms with van der Waals surface area (Å²) in [7, 11) is 0. The van der Waals surface area contributed by atoms with Crippen LogP contribution in [0.4, 0.5) is 0 Å². The van der Waals surface area contributed by atoms with E-state index >= 15 is 0 Å². The molecular weight excluding hydrogens is 250 g/mol. The van der Waals surface area contributed by atoms with Gasteiger partial charge in [-0.05, 0) is 19.8 Å². The Morgan fingerprint density at radius 2 is 2.00 bits per heavy atom. The van der Waals surface area contributed by atoms with Crippen molar-refractivity contribution in [3.63, 3.8) is 0 Å². The Morgan fingerprint density at radius 3 is 2.58 bits per heavy atom. The van der Waals surface area contributed by atoms with Crippen molar-refractivity contribution in [2.24, 2.45) is 5.16 Å². The normalized spacial score (nSPS) is 11.6. The first-order valence-electron chi connectivity index (χ1n) is 6.34. The fraction of sp³-hybridized carbons (Fsp3) is 0.583. The van der Waals surface area contributed by atoms with Crippen LogP contribution >= 0.6 is 0 Å². The number of H-pyrrole nitrogens is 2. The lowest BCUT2D eigenvalue weighted by atomic mass is 10.1. The second-order valence-electron chi connectivity index (χ2n) is 4.04. The molecule has 0 bridgehead atoms.